The molecule has 0 saturated heterocycles. The van der Waals surface area contributed by atoms with Crippen LogP contribution in [0.15, 0.2) is 30.5 Å². The molecule has 2 aromatic heterocycles. The first-order valence-corrected chi connectivity index (χ1v) is 7.31. The van der Waals surface area contributed by atoms with Gasteiger partial charge in [-0.05, 0) is 38.0 Å². The van der Waals surface area contributed by atoms with Crippen LogP contribution in [0, 0.1) is 26.6 Å². The summed E-state index contributed by atoms with van der Waals surface area (Å²) in [6, 6.07) is 6.77. The van der Waals surface area contributed by atoms with Crippen molar-refractivity contribution in [3.63, 3.8) is 0 Å². The van der Waals surface area contributed by atoms with E-state index in [4.69, 9.17) is 0 Å². The standard InChI is InChI=1S/C17H17FN4O/c1-10-4-5-13(7-15(10)18)8-20-17(23)14-9-19-16-6-11(2)21-22(16)12(14)3/h4-7,9H,8H2,1-3H3,(H,20,23). The lowest BCUT2D eigenvalue weighted by atomic mass is 10.1. The molecule has 0 aliphatic carbocycles. The van der Waals surface area contributed by atoms with Crippen molar-refractivity contribution < 1.29 is 9.18 Å². The number of aromatic nitrogens is 3. The number of nitrogens with one attached hydrogen (secondary N) is 1. The molecule has 0 bridgehead atoms. The number of rotatable bonds is 3. The minimum Gasteiger partial charge on any atom is -0.348 e. The second-order valence-corrected chi connectivity index (χ2v) is 5.58. The summed E-state index contributed by atoms with van der Waals surface area (Å²) in [5, 5.41) is 7.11. The minimum absolute atomic E-state index is 0.256. The second-order valence-electron chi connectivity index (χ2n) is 5.58. The van der Waals surface area contributed by atoms with Gasteiger partial charge in [-0.3, -0.25) is 4.79 Å². The molecule has 5 nitrogen and oxygen atoms in total. The van der Waals surface area contributed by atoms with Crippen LogP contribution in [0.2, 0.25) is 0 Å². The molecule has 0 spiro atoms. The summed E-state index contributed by atoms with van der Waals surface area (Å²) in [4.78, 5) is 16.6. The molecule has 0 aliphatic rings. The van der Waals surface area contributed by atoms with Crippen molar-refractivity contribution in [2.24, 2.45) is 0 Å². The number of carbonyl (C=O) groups is 1. The number of halogens is 1. The highest BCUT2D eigenvalue weighted by molar-refractivity contribution is 5.95. The summed E-state index contributed by atoms with van der Waals surface area (Å²) < 4.78 is 15.2. The third-order valence-corrected chi connectivity index (χ3v) is 3.78. The van der Waals surface area contributed by atoms with E-state index in [0.717, 1.165) is 11.4 Å². The van der Waals surface area contributed by atoms with Crippen LogP contribution in [-0.4, -0.2) is 20.5 Å². The maximum Gasteiger partial charge on any atom is 0.254 e. The van der Waals surface area contributed by atoms with Crippen molar-refractivity contribution in [3.05, 3.63) is 64.4 Å². The van der Waals surface area contributed by atoms with Gasteiger partial charge in [0.2, 0.25) is 0 Å². The second kappa shape index (κ2) is 5.79. The molecule has 1 aromatic carbocycles. The van der Waals surface area contributed by atoms with Crippen molar-refractivity contribution in [3.8, 4) is 0 Å². The van der Waals surface area contributed by atoms with Gasteiger partial charge in [0.15, 0.2) is 5.65 Å². The largest absolute Gasteiger partial charge is 0.348 e. The smallest absolute Gasteiger partial charge is 0.254 e. The quantitative estimate of drug-likeness (QED) is 0.809. The average Bonchev–Trinajstić information content (AvgIpc) is 2.90. The van der Waals surface area contributed by atoms with Crippen LogP contribution in [0.25, 0.3) is 5.65 Å². The first kappa shape index (κ1) is 15.1. The van der Waals surface area contributed by atoms with E-state index in [1.807, 2.05) is 19.9 Å². The number of aryl methyl sites for hydroxylation is 3. The third kappa shape index (κ3) is 2.92. The first-order valence-electron chi connectivity index (χ1n) is 7.31. The third-order valence-electron chi connectivity index (χ3n) is 3.78. The first-order chi connectivity index (χ1) is 11.0. The molecule has 0 unspecified atom stereocenters. The van der Waals surface area contributed by atoms with E-state index in [2.05, 4.69) is 15.4 Å². The number of amides is 1. The fourth-order valence-corrected chi connectivity index (χ4v) is 2.41. The highest BCUT2D eigenvalue weighted by Gasteiger charge is 2.13. The number of hydrogen-bond donors (Lipinski definition) is 1. The van der Waals surface area contributed by atoms with Crippen LogP contribution >= 0.6 is 0 Å². The van der Waals surface area contributed by atoms with Crippen molar-refractivity contribution >= 4 is 11.6 Å². The van der Waals surface area contributed by atoms with E-state index in [1.54, 1.807) is 23.6 Å². The van der Waals surface area contributed by atoms with Gasteiger partial charge in [0, 0.05) is 18.8 Å². The van der Waals surface area contributed by atoms with Gasteiger partial charge in [0.25, 0.3) is 5.91 Å². The van der Waals surface area contributed by atoms with Crippen LogP contribution in [-0.2, 0) is 6.54 Å². The van der Waals surface area contributed by atoms with Gasteiger partial charge in [-0.1, -0.05) is 12.1 Å². The molecule has 0 aliphatic heterocycles. The van der Waals surface area contributed by atoms with Crippen LogP contribution in [0.5, 0.6) is 0 Å². The van der Waals surface area contributed by atoms with Crippen molar-refractivity contribution in [2.45, 2.75) is 27.3 Å². The Morgan fingerprint density at radius 3 is 2.78 bits per heavy atom. The lowest BCUT2D eigenvalue weighted by Gasteiger charge is -2.09. The molecule has 1 N–H and O–H groups in total. The monoisotopic (exact) mass is 312 g/mol. The average molecular weight is 312 g/mol. The Morgan fingerprint density at radius 2 is 2.04 bits per heavy atom. The molecule has 118 valence electrons. The van der Waals surface area contributed by atoms with Crippen molar-refractivity contribution in [1.82, 2.24) is 19.9 Å². The topological polar surface area (TPSA) is 59.3 Å². The number of hydrogen-bond acceptors (Lipinski definition) is 3. The molecular weight excluding hydrogens is 295 g/mol. The summed E-state index contributed by atoms with van der Waals surface area (Å²) in [5.74, 6) is -0.533. The van der Waals surface area contributed by atoms with Crippen LogP contribution in [0.1, 0.15) is 32.9 Å². The zero-order valence-electron chi connectivity index (χ0n) is 13.2. The number of nitrogens with zero attached hydrogens (tertiary/aromatic N) is 3. The molecule has 0 atom stereocenters. The maximum atomic E-state index is 13.5. The summed E-state index contributed by atoms with van der Waals surface area (Å²) in [7, 11) is 0. The Hall–Kier alpha value is -2.76. The van der Waals surface area contributed by atoms with Gasteiger partial charge in [0.05, 0.1) is 17.0 Å². The fraction of sp³-hybridized carbons (Fsp3) is 0.235. The zero-order valence-corrected chi connectivity index (χ0v) is 13.2. The van der Waals surface area contributed by atoms with Crippen LogP contribution in [0.3, 0.4) is 0 Å². The van der Waals surface area contributed by atoms with Gasteiger partial charge in [-0.25, -0.2) is 13.9 Å². The van der Waals surface area contributed by atoms with E-state index in [9.17, 15) is 9.18 Å². The Morgan fingerprint density at radius 1 is 1.26 bits per heavy atom. The lowest BCUT2D eigenvalue weighted by molar-refractivity contribution is 0.0949. The van der Waals surface area contributed by atoms with E-state index in [0.29, 0.717) is 22.3 Å². The van der Waals surface area contributed by atoms with Gasteiger partial charge in [0.1, 0.15) is 5.82 Å². The summed E-state index contributed by atoms with van der Waals surface area (Å²) >= 11 is 0. The number of benzene rings is 1. The Kier molecular flexibility index (Phi) is 3.82. The Balaban J connectivity index is 1.80. The normalized spacial score (nSPS) is 11.0. The summed E-state index contributed by atoms with van der Waals surface area (Å²) in [5.41, 5.74) is 4.01. The number of carbonyl (C=O) groups excluding carboxylic acids is 1. The molecule has 6 heteroatoms. The van der Waals surface area contributed by atoms with E-state index < -0.39 is 0 Å². The Labute approximate surface area is 133 Å². The maximum absolute atomic E-state index is 13.5. The van der Waals surface area contributed by atoms with E-state index >= 15 is 0 Å². The predicted molar refractivity (Wildman–Crippen MR) is 84.8 cm³/mol. The molecule has 23 heavy (non-hydrogen) atoms. The molecule has 3 rings (SSSR count). The zero-order chi connectivity index (χ0) is 16.6. The number of fused-ring (bicyclic) bond motifs is 1. The Bertz CT molecular complexity index is 901. The van der Waals surface area contributed by atoms with Gasteiger partial charge in [-0.2, -0.15) is 5.10 Å². The van der Waals surface area contributed by atoms with Crippen molar-refractivity contribution in [1.29, 1.82) is 0 Å². The molecule has 0 fully saturated rings. The van der Waals surface area contributed by atoms with Gasteiger partial charge in [-0.15, -0.1) is 0 Å². The van der Waals surface area contributed by atoms with E-state index in [-0.39, 0.29) is 18.3 Å². The molecule has 3 aromatic rings. The van der Waals surface area contributed by atoms with Gasteiger partial charge >= 0.3 is 0 Å². The summed E-state index contributed by atoms with van der Waals surface area (Å²) in [6.45, 7) is 5.65. The molecular formula is C17H17FN4O. The predicted octanol–water partition coefficient (Wildman–Crippen LogP) is 2.72. The SMILES string of the molecule is Cc1cc2ncc(C(=O)NCc3ccc(C)c(F)c3)c(C)n2n1. The van der Waals surface area contributed by atoms with Crippen LogP contribution < -0.4 is 5.32 Å². The highest BCUT2D eigenvalue weighted by atomic mass is 19.1. The highest BCUT2D eigenvalue weighted by Crippen LogP contribution is 2.12. The van der Waals surface area contributed by atoms with Gasteiger partial charge < -0.3 is 5.32 Å². The lowest BCUT2D eigenvalue weighted by Crippen LogP contribution is -2.24. The van der Waals surface area contributed by atoms with E-state index in [1.165, 1.54) is 12.3 Å². The molecule has 0 radical (unpaired) electrons. The van der Waals surface area contributed by atoms with Crippen LogP contribution in [0.4, 0.5) is 4.39 Å². The van der Waals surface area contributed by atoms with Crippen molar-refractivity contribution in [2.75, 3.05) is 0 Å². The molecule has 0 saturated carbocycles. The fourth-order valence-electron chi connectivity index (χ4n) is 2.41. The molecule has 1 amide bonds. The molecule has 2 heterocycles. The minimum atomic E-state index is -0.275. The summed E-state index contributed by atoms with van der Waals surface area (Å²) in [6.07, 6.45) is 1.54.